The Labute approximate surface area is 141 Å². The van der Waals surface area contributed by atoms with Crippen LogP contribution >= 0.6 is 11.6 Å². The highest BCUT2D eigenvalue weighted by Gasteiger charge is 2.19. The topological polar surface area (TPSA) is 41.1 Å². The maximum atomic E-state index is 9.40. The first-order chi connectivity index (χ1) is 11.0. The van der Waals surface area contributed by atoms with E-state index >= 15 is 0 Å². The Kier molecular flexibility index (Phi) is 4.11. The number of nitriles is 1. The summed E-state index contributed by atoms with van der Waals surface area (Å²) in [5.74, 6) is 0.213. The molecule has 0 saturated carbocycles. The fraction of sp³-hybridized carbons (Fsp3) is 0.263. The molecule has 23 heavy (non-hydrogen) atoms. The second-order valence-electron chi connectivity index (χ2n) is 6.05. The van der Waals surface area contributed by atoms with Crippen LogP contribution in [0.25, 0.3) is 16.9 Å². The normalized spacial score (nSPS) is 12.5. The molecule has 0 aliphatic rings. The molecule has 3 aromatic rings. The van der Waals surface area contributed by atoms with E-state index in [1.165, 1.54) is 5.56 Å². The summed E-state index contributed by atoms with van der Waals surface area (Å²) < 4.78 is 1.92. The van der Waals surface area contributed by atoms with E-state index in [1.807, 2.05) is 29.7 Å². The largest absolute Gasteiger partial charge is 0.301 e. The Morgan fingerprint density at radius 3 is 2.39 bits per heavy atom. The fourth-order valence-corrected chi connectivity index (χ4v) is 2.91. The molecular formula is C19H18ClN3. The Hall–Kier alpha value is -2.31. The molecule has 1 atom stereocenters. The van der Waals surface area contributed by atoms with Gasteiger partial charge in [0, 0.05) is 11.8 Å². The smallest absolute Gasteiger partial charge is 0.137 e. The van der Waals surface area contributed by atoms with Gasteiger partial charge >= 0.3 is 0 Å². The quantitative estimate of drug-likeness (QED) is 0.647. The molecule has 4 heteroatoms. The molecule has 0 spiro atoms. The van der Waals surface area contributed by atoms with Gasteiger partial charge in [0.05, 0.1) is 28.4 Å². The minimum absolute atomic E-state index is 0.275. The molecule has 2 aromatic heterocycles. The molecule has 0 N–H and O–H groups in total. The predicted octanol–water partition coefficient (Wildman–Crippen LogP) is 5.41. The van der Waals surface area contributed by atoms with E-state index in [4.69, 9.17) is 16.6 Å². The van der Waals surface area contributed by atoms with Crippen molar-refractivity contribution in [3.63, 3.8) is 0 Å². The van der Waals surface area contributed by atoms with Crippen molar-refractivity contribution in [1.29, 1.82) is 5.26 Å². The third-order valence-electron chi connectivity index (χ3n) is 4.07. The summed E-state index contributed by atoms with van der Waals surface area (Å²) in [5.41, 5.74) is 4.83. The van der Waals surface area contributed by atoms with Gasteiger partial charge in [-0.1, -0.05) is 49.7 Å². The molecule has 0 fully saturated rings. The summed E-state index contributed by atoms with van der Waals surface area (Å²) >= 11 is 6.12. The average molecular weight is 324 g/mol. The Balaban J connectivity index is 2.22. The van der Waals surface area contributed by atoms with E-state index < -0.39 is 0 Å². The molecule has 1 unspecified atom stereocenters. The average Bonchev–Trinajstić information content (AvgIpc) is 2.92. The standard InChI is InChI=1S/C19H18ClN3/c1-12(2)14-4-6-15(7-5-14)18-19(13(3)10-21)23-11-16(20)8-9-17(23)22-18/h4-9,11-13H,1-3H3. The number of nitrogens with zero attached hydrogens (tertiary/aromatic N) is 3. The van der Waals surface area contributed by atoms with Crippen LogP contribution in [0.15, 0.2) is 42.6 Å². The summed E-state index contributed by atoms with van der Waals surface area (Å²) in [4.78, 5) is 4.72. The molecule has 0 saturated heterocycles. The predicted molar refractivity (Wildman–Crippen MR) is 93.8 cm³/mol. The molecule has 3 nitrogen and oxygen atoms in total. The molecule has 0 aliphatic heterocycles. The maximum Gasteiger partial charge on any atom is 0.137 e. The van der Waals surface area contributed by atoms with E-state index in [1.54, 1.807) is 0 Å². The minimum atomic E-state index is -0.275. The molecule has 116 valence electrons. The van der Waals surface area contributed by atoms with Gasteiger partial charge in [0.1, 0.15) is 5.65 Å². The van der Waals surface area contributed by atoms with Gasteiger partial charge in [0.25, 0.3) is 0 Å². The number of pyridine rings is 1. The van der Waals surface area contributed by atoms with Gasteiger partial charge in [-0.3, -0.25) is 0 Å². The first kappa shape index (κ1) is 15.6. The first-order valence-corrected chi connectivity index (χ1v) is 8.06. The van der Waals surface area contributed by atoms with E-state index in [-0.39, 0.29) is 5.92 Å². The second kappa shape index (κ2) is 6.06. The summed E-state index contributed by atoms with van der Waals surface area (Å²) in [5, 5.41) is 10.0. The number of aromatic nitrogens is 2. The van der Waals surface area contributed by atoms with Crippen LogP contribution in [0.4, 0.5) is 0 Å². The van der Waals surface area contributed by atoms with Gasteiger partial charge < -0.3 is 4.40 Å². The van der Waals surface area contributed by atoms with Crippen molar-refractivity contribution >= 4 is 17.2 Å². The Morgan fingerprint density at radius 1 is 1.09 bits per heavy atom. The lowest BCUT2D eigenvalue weighted by molar-refractivity contribution is 0.866. The summed E-state index contributed by atoms with van der Waals surface area (Å²) in [7, 11) is 0. The van der Waals surface area contributed by atoms with Gasteiger partial charge in [0.15, 0.2) is 0 Å². The molecular weight excluding hydrogens is 306 g/mol. The van der Waals surface area contributed by atoms with E-state index in [0.717, 1.165) is 22.6 Å². The van der Waals surface area contributed by atoms with Gasteiger partial charge in [-0.25, -0.2) is 4.98 Å². The fourth-order valence-electron chi connectivity index (χ4n) is 2.75. The lowest BCUT2D eigenvalue weighted by Crippen LogP contribution is -1.98. The number of hydrogen-bond donors (Lipinski definition) is 0. The third-order valence-corrected chi connectivity index (χ3v) is 4.30. The third kappa shape index (κ3) is 2.83. The zero-order chi connectivity index (χ0) is 16.6. The van der Waals surface area contributed by atoms with Crippen LogP contribution in [0.5, 0.6) is 0 Å². The van der Waals surface area contributed by atoms with Crippen LogP contribution in [0.3, 0.4) is 0 Å². The first-order valence-electron chi connectivity index (χ1n) is 7.68. The van der Waals surface area contributed by atoms with Gasteiger partial charge in [0.2, 0.25) is 0 Å². The van der Waals surface area contributed by atoms with Crippen LogP contribution < -0.4 is 0 Å². The lowest BCUT2D eigenvalue weighted by atomic mass is 9.98. The van der Waals surface area contributed by atoms with Crippen molar-refractivity contribution in [2.75, 3.05) is 0 Å². The lowest BCUT2D eigenvalue weighted by Gasteiger charge is -2.09. The SMILES string of the molecule is CC(C)c1ccc(-c2nc3ccc(Cl)cn3c2C(C)C#N)cc1. The molecule has 0 aliphatic carbocycles. The van der Waals surface area contributed by atoms with Crippen molar-refractivity contribution in [3.8, 4) is 17.3 Å². The summed E-state index contributed by atoms with van der Waals surface area (Å²) in [6.07, 6.45) is 1.82. The zero-order valence-electron chi connectivity index (χ0n) is 13.4. The highest BCUT2D eigenvalue weighted by Crippen LogP contribution is 2.31. The van der Waals surface area contributed by atoms with Crippen molar-refractivity contribution in [2.24, 2.45) is 0 Å². The van der Waals surface area contributed by atoms with Crippen molar-refractivity contribution in [2.45, 2.75) is 32.6 Å². The Morgan fingerprint density at radius 2 is 1.78 bits per heavy atom. The second-order valence-corrected chi connectivity index (χ2v) is 6.49. The zero-order valence-corrected chi connectivity index (χ0v) is 14.2. The van der Waals surface area contributed by atoms with Gasteiger partial charge in [-0.15, -0.1) is 0 Å². The number of fused-ring (bicyclic) bond motifs is 1. The number of imidazole rings is 1. The van der Waals surface area contributed by atoms with Crippen molar-refractivity contribution < 1.29 is 0 Å². The monoisotopic (exact) mass is 323 g/mol. The van der Waals surface area contributed by atoms with Crippen LogP contribution in [0.1, 0.15) is 43.9 Å². The summed E-state index contributed by atoms with van der Waals surface area (Å²) in [6.45, 7) is 6.23. The molecule has 0 radical (unpaired) electrons. The van der Waals surface area contributed by atoms with Gasteiger partial charge in [-0.05, 0) is 30.5 Å². The molecule has 0 amide bonds. The highest BCUT2D eigenvalue weighted by molar-refractivity contribution is 6.30. The molecule has 3 rings (SSSR count). The summed E-state index contributed by atoms with van der Waals surface area (Å²) in [6, 6.07) is 14.4. The van der Waals surface area contributed by atoms with Crippen LogP contribution in [0.2, 0.25) is 5.02 Å². The Bertz CT molecular complexity index is 885. The van der Waals surface area contributed by atoms with E-state index in [2.05, 4.69) is 44.2 Å². The maximum absolute atomic E-state index is 9.40. The van der Waals surface area contributed by atoms with E-state index in [9.17, 15) is 5.26 Å². The molecule has 0 bridgehead atoms. The minimum Gasteiger partial charge on any atom is -0.301 e. The van der Waals surface area contributed by atoms with Crippen LogP contribution in [0, 0.1) is 11.3 Å². The van der Waals surface area contributed by atoms with E-state index in [0.29, 0.717) is 10.9 Å². The molecule has 2 heterocycles. The van der Waals surface area contributed by atoms with Gasteiger partial charge in [-0.2, -0.15) is 5.26 Å². The number of hydrogen-bond acceptors (Lipinski definition) is 2. The number of benzene rings is 1. The van der Waals surface area contributed by atoms with Crippen molar-refractivity contribution in [3.05, 3.63) is 58.9 Å². The van der Waals surface area contributed by atoms with Crippen molar-refractivity contribution in [1.82, 2.24) is 9.38 Å². The highest BCUT2D eigenvalue weighted by atomic mass is 35.5. The number of halogens is 1. The molecule has 1 aromatic carbocycles. The van der Waals surface area contributed by atoms with Crippen LogP contribution in [-0.4, -0.2) is 9.38 Å². The number of rotatable bonds is 3. The van der Waals surface area contributed by atoms with Crippen LogP contribution in [-0.2, 0) is 0 Å².